The summed E-state index contributed by atoms with van der Waals surface area (Å²) in [6.45, 7) is 2.92. The number of benzene rings is 3. The van der Waals surface area contributed by atoms with Gasteiger partial charge in [-0.2, -0.15) is 0 Å². The largest absolute Gasteiger partial charge is 0.455 e. The van der Waals surface area contributed by atoms with Crippen LogP contribution in [0.3, 0.4) is 0 Å². The van der Waals surface area contributed by atoms with Crippen LogP contribution >= 0.6 is 23.2 Å². The van der Waals surface area contributed by atoms with Crippen LogP contribution in [0.1, 0.15) is 40.6 Å². The molecule has 1 saturated carbocycles. The first-order valence-electron chi connectivity index (χ1n) is 16.2. The first kappa shape index (κ1) is 32.1. The number of rotatable bonds is 9. The van der Waals surface area contributed by atoms with Gasteiger partial charge in [-0.05, 0) is 49.2 Å². The zero-order chi connectivity index (χ0) is 34.4. The predicted molar refractivity (Wildman–Crippen MR) is 186 cm³/mol. The molecule has 3 aromatic heterocycles. The molecule has 4 heterocycles. The standard InChI is InChI=1S/C35H30Cl2FN9O3/c36-27-5-1-3-7-30(27)46-18-22(39-41-46)17-43-11-13-44(14-12-43)33-16-32-25(15-29(33)38)34(48)26(20-45(32)24-9-10-24)35(49)50-21-23-19-47(42-40-23)31-8-4-2-6-28(31)37/h1-8,15-16,18-20,24H,9-14,17,21H2. The summed E-state index contributed by atoms with van der Waals surface area (Å²) in [4.78, 5) is 31.1. The molecule has 0 bridgehead atoms. The molecule has 0 spiro atoms. The van der Waals surface area contributed by atoms with Crippen molar-refractivity contribution in [2.45, 2.75) is 32.0 Å². The minimum absolute atomic E-state index is 0.106. The Morgan fingerprint density at radius 1 is 0.820 bits per heavy atom. The summed E-state index contributed by atoms with van der Waals surface area (Å²) in [5.74, 6) is -1.33. The molecular weight excluding hydrogens is 684 g/mol. The number of para-hydroxylation sites is 2. The van der Waals surface area contributed by atoms with Gasteiger partial charge >= 0.3 is 5.97 Å². The fraction of sp³-hybridized carbons (Fsp3) is 0.257. The van der Waals surface area contributed by atoms with Crippen LogP contribution in [-0.2, 0) is 17.9 Å². The highest BCUT2D eigenvalue weighted by atomic mass is 35.5. The van der Waals surface area contributed by atoms with Crippen molar-refractivity contribution in [1.82, 2.24) is 39.5 Å². The number of pyridine rings is 1. The molecule has 50 heavy (non-hydrogen) atoms. The van der Waals surface area contributed by atoms with E-state index in [9.17, 15) is 9.59 Å². The molecule has 1 aliphatic heterocycles. The second-order valence-electron chi connectivity index (χ2n) is 12.4. The summed E-state index contributed by atoms with van der Waals surface area (Å²) in [6, 6.07) is 17.7. The van der Waals surface area contributed by atoms with Crippen LogP contribution in [0.2, 0.25) is 10.0 Å². The third kappa shape index (κ3) is 6.35. The van der Waals surface area contributed by atoms with Gasteiger partial charge in [-0.3, -0.25) is 9.69 Å². The Balaban J connectivity index is 0.969. The molecule has 0 N–H and O–H groups in total. The molecule has 254 valence electrons. The molecule has 6 aromatic rings. The number of halogens is 3. The number of esters is 1. The highest BCUT2D eigenvalue weighted by Gasteiger charge is 2.29. The summed E-state index contributed by atoms with van der Waals surface area (Å²) >= 11 is 12.6. The molecule has 1 aliphatic carbocycles. The molecular formula is C35H30Cl2FN9O3. The van der Waals surface area contributed by atoms with Gasteiger partial charge in [0.15, 0.2) is 0 Å². The van der Waals surface area contributed by atoms with Crippen molar-refractivity contribution in [3.63, 3.8) is 0 Å². The van der Waals surface area contributed by atoms with Crippen molar-refractivity contribution in [3.8, 4) is 11.4 Å². The number of carbonyl (C=O) groups excluding carboxylic acids is 1. The van der Waals surface area contributed by atoms with Gasteiger partial charge < -0.3 is 14.2 Å². The van der Waals surface area contributed by atoms with E-state index in [1.54, 1.807) is 47.4 Å². The number of piperazine rings is 1. The quantitative estimate of drug-likeness (QED) is 0.176. The second kappa shape index (κ2) is 13.3. The molecule has 0 unspecified atom stereocenters. The van der Waals surface area contributed by atoms with Crippen molar-refractivity contribution in [3.05, 3.63) is 122 Å². The van der Waals surface area contributed by atoms with Crippen LogP contribution in [0.15, 0.2) is 84.0 Å². The zero-order valence-corrected chi connectivity index (χ0v) is 28.1. The van der Waals surface area contributed by atoms with E-state index in [2.05, 4.69) is 25.5 Å². The number of carbonyl (C=O) groups is 1. The van der Waals surface area contributed by atoms with Crippen molar-refractivity contribution in [2.24, 2.45) is 0 Å². The maximum absolute atomic E-state index is 15.8. The second-order valence-corrected chi connectivity index (χ2v) is 13.2. The lowest BCUT2D eigenvalue weighted by Gasteiger charge is -2.36. The number of anilines is 1. The monoisotopic (exact) mass is 713 g/mol. The fourth-order valence-electron chi connectivity index (χ4n) is 6.24. The van der Waals surface area contributed by atoms with Gasteiger partial charge in [0.2, 0.25) is 5.43 Å². The Kier molecular flexibility index (Phi) is 8.55. The Morgan fingerprint density at radius 2 is 1.44 bits per heavy atom. The number of hydrogen-bond donors (Lipinski definition) is 0. The summed E-state index contributed by atoms with van der Waals surface area (Å²) in [5.41, 5.74) is 2.84. The van der Waals surface area contributed by atoms with E-state index in [-0.39, 0.29) is 23.6 Å². The highest BCUT2D eigenvalue weighted by Crippen LogP contribution is 2.38. The van der Waals surface area contributed by atoms with Crippen LogP contribution in [0.25, 0.3) is 22.3 Å². The number of nitrogens with zero attached hydrogens (tertiary/aromatic N) is 9. The van der Waals surface area contributed by atoms with E-state index < -0.39 is 17.2 Å². The summed E-state index contributed by atoms with van der Waals surface area (Å²) < 4.78 is 26.3. The topological polar surface area (TPSA) is 116 Å². The van der Waals surface area contributed by atoms with Crippen molar-refractivity contribution in [1.29, 1.82) is 0 Å². The van der Waals surface area contributed by atoms with Crippen molar-refractivity contribution >= 4 is 45.8 Å². The third-order valence-corrected chi connectivity index (χ3v) is 9.63. The maximum Gasteiger partial charge on any atom is 0.344 e. The van der Waals surface area contributed by atoms with Gasteiger partial charge in [0.1, 0.15) is 23.7 Å². The van der Waals surface area contributed by atoms with E-state index in [0.717, 1.165) is 24.2 Å². The van der Waals surface area contributed by atoms with E-state index in [1.165, 1.54) is 10.7 Å². The number of fused-ring (bicyclic) bond motifs is 1. The molecule has 2 aliphatic rings. The SMILES string of the molecule is O=C(OCc1cn(-c2ccccc2Cl)nn1)c1cn(C2CC2)c2cc(N3CCN(Cc4cn(-c5ccccc5Cl)nn4)CC3)c(F)cc2c1=O. The molecule has 0 amide bonds. The molecule has 0 atom stereocenters. The van der Waals surface area contributed by atoms with Crippen LogP contribution in [-0.4, -0.2) is 71.6 Å². The first-order valence-corrected chi connectivity index (χ1v) is 16.9. The summed E-state index contributed by atoms with van der Waals surface area (Å²) in [5, 5.41) is 17.9. The lowest BCUT2D eigenvalue weighted by atomic mass is 10.1. The predicted octanol–water partition coefficient (Wildman–Crippen LogP) is 5.62. The lowest BCUT2D eigenvalue weighted by Crippen LogP contribution is -2.46. The summed E-state index contributed by atoms with van der Waals surface area (Å²) in [7, 11) is 0. The van der Waals surface area contributed by atoms with Gasteiger partial charge in [-0.1, -0.05) is 57.9 Å². The molecule has 1 saturated heterocycles. The van der Waals surface area contributed by atoms with E-state index in [1.807, 2.05) is 39.9 Å². The summed E-state index contributed by atoms with van der Waals surface area (Å²) in [6.07, 6.45) is 6.79. The molecule has 3 aromatic carbocycles. The van der Waals surface area contributed by atoms with Gasteiger partial charge in [0.25, 0.3) is 0 Å². The maximum atomic E-state index is 15.8. The van der Waals surface area contributed by atoms with Crippen LogP contribution in [0.4, 0.5) is 10.1 Å². The first-order chi connectivity index (χ1) is 24.3. The molecule has 12 nitrogen and oxygen atoms in total. The highest BCUT2D eigenvalue weighted by molar-refractivity contribution is 6.32. The van der Waals surface area contributed by atoms with Gasteiger partial charge in [0, 0.05) is 50.3 Å². The normalized spacial score (nSPS) is 15.1. The third-order valence-electron chi connectivity index (χ3n) is 8.99. The zero-order valence-electron chi connectivity index (χ0n) is 26.6. The van der Waals surface area contributed by atoms with Gasteiger partial charge in [-0.25, -0.2) is 18.5 Å². The van der Waals surface area contributed by atoms with Gasteiger partial charge in [0.05, 0.1) is 50.7 Å². The minimum atomic E-state index is -0.814. The molecule has 8 rings (SSSR count). The lowest BCUT2D eigenvalue weighted by molar-refractivity contribution is 0.0465. The van der Waals surface area contributed by atoms with Crippen LogP contribution in [0, 0.1) is 5.82 Å². The Labute approximate surface area is 295 Å². The van der Waals surface area contributed by atoms with Crippen LogP contribution < -0.4 is 10.3 Å². The fourth-order valence-corrected chi connectivity index (χ4v) is 6.68. The molecule has 15 heteroatoms. The Hall–Kier alpha value is -5.11. The van der Waals surface area contributed by atoms with Crippen molar-refractivity contribution in [2.75, 3.05) is 31.1 Å². The average molecular weight is 715 g/mol. The van der Waals surface area contributed by atoms with E-state index in [0.29, 0.717) is 65.4 Å². The Bertz CT molecular complexity index is 2290. The number of hydrogen-bond acceptors (Lipinski definition) is 9. The van der Waals surface area contributed by atoms with E-state index >= 15 is 4.39 Å². The number of aromatic nitrogens is 7. The smallest absolute Gasteiger partial charge is 0.344 e. The van der Waals surface area contributed by atoms with Crippen LogP contribution in [0.5, 0.6) is 0 Å². The van der Waals surface area contributed by atoms with Gasteiger partial charge in [-0.15, -0.1) is 10.2 Å². The van der Waals surface area contributed by atoms with Crippen molar-refractivity contribution < 1.29 is 13.9 Å². The molecule has 0 radical (unpaired) electrons. The van der Waals surface area contributed by atoms with E-state index in [4.69, 9.17) is 27.9 Å². The minimum Gasteiger partial charge on any atom is -0.455 e. The molecule has 2 fully saturated rings. The Morgan fingerprint density at radius 3 is 2.08 bits per heavy atom. The average Bonchev–Trinajstić information content (AvgIpc) is 3.68. The number of ether oxygens (including phenoxy) is 1.